The lowest BCUT2D eigenvalue weighted by atomic mass is 10.1. The summed E-state index contributed by atoms with van der Waals surface area (Å²) in [5.74, 6) is 0.935. The van der Waals surface area contributed by atoms with Crippen molar-refractivity contribution in [2.75, 3.05) is 33.4 Å². The smallest absolute Gasteiger partial charge is 0.194 e. The van der Waals surface area contributed by atoms with E-state index in [9.17, 15) is 0 Å². The van der Waals surface area contributed by atoms with Crippen molar-refractivity contribution >= 4 is 40.7 Å². The molecule has 5 nitrogen and oxygen atoms in total. The largest absolute Gasteiger partial charge is 0.375 e. The van der Waals surface area contributed by atoms with Gasteiger partial charge in [0, 0.05) is 33.3 Å². The quantitative estimate of drug-likeness (QED) is 0.415. The molecular formula is C21H28IN3O2. The number of ether oxygens (including phenoxy) is 2. The van der Waals surface area contributed by atoms with Crippen LogP contribution in [0.5, 0.6) is 0 Å². The first-order valence-electron chi connectivity index (χ1n) is 9.50. The molecule has 27 heavy (non-hydrogen) atoms. The van der Waals surface area contributed by atoms with Gasteiger partial charge >= 0.3 is 0 Å². The highest BCUT2D eigenvalue weighted by molar-refractivity contribution is 14.0. The molecule has 2 atom stereocenters. The number of hydrogen-bond donors (Lipinski definition) is 1. The van der Waals surface area contributed by atoms with E-state index in [1.54, 1.807) is 0 Å². The zero-order chi connectivity index (χ0) is 17.8. The first-order chi connectivity index (χ1) is 12.8. The van der Waals surface area contributed by atoms with Gasteiger partial charge in [-0.25, -0.2) is 0 Å². The van der Waals surface area contributed by atoms with Crippen molar-refractivity contribution in [3.05, 3.63) is 48.0 Å². The van der Waals surface area contributed by atoms with E-state index >= 15 is 0 Å². The number of hydrogen-bond acceptors (Lipinski definition) is 3. The molecule has 0 aromatic heterocycles. The second-order valence-electron chi connectivity index (χ2n) is 6.99. The van der Waals surface area contributed by atoms with Crippen molar-refractivity contribution in [1.82, 2.24) is 10.2 Å². The predicted molar refractivity (Wildman–Crippen MR) is 120 cm³/mol. The zero-order valence-electron chi connectivity index (χ0n) is 15.8. The van der Waals surface area contributed by atoms with Crippen LogP contribution in [0.2, 0.25) is 0 Å². The molecule has 0 amide bonds. The molecule has 4 rings (SSSR count). The first-order valence-corrected chi connectivity index (χ1v) is 9.50. The molecule has 0 radical (unpaired) electrons. The Labute approximate surface area is 178 Å². The lowest BCUT2D eigenvalue weighted by Gasteiger charge is -2.37. The molecule has 2 aromatic carbocycles. The van der Waals surface area contributed by atoms with Crippen LogP contribution in [-0.4, -0.2) is 56.4 Å². The van der Waals surface area contributed by atoms with Crippen LogP contribution in [-0.2, 0) is 16.0 Å². The molecule has 2 unspecified atom stereocenters. The van der Waals surface area contributed by atoms with E-state index in [0.29, 0.717) is 0 Å². The summed E-state index contributed by atoms with van der Waals surface area (Å²) in [6.07, 6.45) is 2.61. The first kappa shape index (κ1) is 20.4. The predicted octanol–water partition coefficient (Wildman–Crippen LogP) is 3.41. The maximum absolute atomic E-state index is 5.95. The number of nitrogens with one attached hydrogen (secondary N) is 1. The number of halogens is 1. The molecular weight excluding hydrogens is 453 g/mol. The topological polar surface area (TPSA) is 46.1 Å². The molecule has 0 saturated carbocycles. The number of guanidine groups is 1. The third kappa shape index (κ3) is 4.92. The zero-order valence-corrected chi connectivity index (χ0v) is 18.1. The van der Waals surface area contributed by atoms with Gasteiger partial charge in [-0.2, -0.15) is 0 Å². The summed E-state index contributed by atoms with van der Waals surface area (Å²) >= 11 is 0. The maximum atomic E-state index is 5.95. The molecule has 0 bridgehead atoms. The molecule has 1 N–H and O–H groups in total. The monoisotopic (exact) mass is 481 g/mol. The van der Waals surface area contributed by atoms with Crippen molar-refractivity contribution in [2.45, 2.75) is 31.6 Å². The minimum atomic E-state index is 0. The fourth-order valence-electron chi connectivity index (χ4n) is 3.85. The van der Waals surface area contributed by atoms with Crippen molar-refractivity contribution in [2.24, 2.45) is 4.99 Å². The molecule has 0 aliphatic carbocycles. The third-order valence-electron chi connectivity index (χ3n) is 5.25. The molecule has 0 spiro atoms. The highest BCUT2D eigenvalue weighted by atomic mass is 127. The van der Waals surface area contributed by atoms with Crippen LogP contribution in [0.3, 0.4) is 0 Å². The van der Waals surface area contributed by atoms with Gasteiger partial charge in [0.05, 0.1) is 12.7 Å². The van der Waals surface area contributed by atoms with Gasteiger partial charge in [-0.3, -0.25) is 4.99 Å². The van der Waals surface area contributed by atoms with Gasteiger partial charge in [-0.1, -0.05) is 36.4 Å². The van der Waals surface area contributed by atoms with Crippen LogP contribution in [0.1, 0.15) is 18.4 Å². The summed E-state index contributed by atoms with van der Waals surface area (Å²) in [5, 5.41) is 6.05. The molecule has 2 heterocycles. The van der Waals surface area contributed by atoms with Gasteiger partial charge in [-0.05, 0) is 35.2 Å². The molecule has 2 aliphatic heterocycles. The molecule has 6 heteroatoms. The van der Waals surface area contributed by atoms with Gasteiger partial charge < -0.3 is 19.7 Å². The van der Waals surface area contributed by atoms with Crippen LogP contribution in [0.4, 0.5) is 0 Å². The fraction of sp³-hybridized carbons (Fsp3) is 0.476. The van der Waals surface area contributed by atoms with E-state index < -0.39 is 0 Å². The van der Waals surface area contributed by atoms with Crippen molar-refractivity contribution in [3.8, 4) is 0 Å². The lowest BCUT2D eigenvalue weighted by Crippen LogP contribution is -2.53. The average Bonchev–Trinajstić information content (AvgIpc) is 3.23. The Balaban J connectivity index is 0.00000210. The van der Waals surface area contributed by atoms with E-state index in [1.165, 1.54) is 16.3 Å². The number of morpholine rings is 1. The van der Waals surface area contributed by atoms with E-state index in [0.717, 1.165) is 51.6 Å². The van der Waals surface area contributed by atoms with Gasteiger partial charge in [0.15, 0.2) is 5.96 Å². The summed E-state index contributed by atoms with van der Waals surface area (Å²) in [4.78, 5) is 6.77. The summed E-state index contributed by atoms with van der Waals surface area (Å²) in [7, 11) is 1.85. The van der Waals surface area contributed by atoms with Crippen LogP contribution in [0.25, 0.3) is 10.8 Å². The molecule has 2 fully saturated rings. The minimum absolute atomic E-state index is 0. The number of rotatable bonds is 3. The number of benzene rings is 2. The Bertz CT molecular complexity index is 777. The van der Waals surface area contributed by atoms with Gasteiger partial charge in [0.1, 0.15) is 6.10 Å². The number of aliphatic imine (C=N–C) groups is 1. The van der Waals surface area contributed by atoms with E-state index in [-0.39, 0.29) is 36.2 Å². The van der Waals surface area contributed by atoms with Crippen molar-refractivity contribution in [1.29, 1.82) is 0 Å². The fourth-order valence-corrected chi connectivity index (χ4v) is 3.85. The summed E-state index contributed by atoms with van der Waals surface area (Å²) in [5.41, 5.74) is 1.26. The van der Waals surface area contributed by atoms with Gasteiger partial charge in [-0.15, -0.1) is 24.0 Å². The number of fused-ring (bicyclic) bond motifs is 1. The summed E-state index contributed by atoms with van der Waals surface area (Å²) in [6, 6.07) is 15.0. The highest BCUT2D eigenvalue weighted by Crippen LogP contribution is 2.21. The molecule has 2 aromatic rings. The SMILES string of the molecule is CN=C(NCc1ccc2ccccc2c1)N1CCOC(C2CCCO2)C1.I. The Morgan fingerprint density at radius 2 is 1.93 bits per heavy atom. The van der Waals surface area contributed by atoms with Crippen molar-refractivity contribution in [3.63, 3.8) is 0 Å². The minimum Gasteiger partial charge on any atom is -0.375 e. The second-order valence-corrected chi connectivity index (χ2v) is 6.99. The van der Waals surface area contributed by atoms with Gasteiger partial charge in [0.25, 0.3) is 0 Å². The summed E-state index contributed by atoms with van der Waals surface area (Å²) in [6.45, 7) is 4.04. The summed E-state index contributed by atoms with van der Waals surface area (Å²) < 4.78 is 11.8. The molecule has 146 valence electrons. The Kier molecular flexibility index (Phi) is 7.32. The Morgan fingerprint density at radius 1 is 1.11 bits per heavy atom. The van der Waals surface area contributed by atoms with Crippen LogP contribution in [0.15, 0.2) is 47.5 Å². The second kappa shape index (κ2) is 9.71. The van der Waals surface area contributed by atoms with Crippen LogP contribution in [0, 0.1) is 0 Å². The normalized spacial score (nSPS) is 23.3. The van der Waals surface area contributed by atoms with Crippen LogP contribution < -0.4 is 5.32 Å². The average molecular weight is 481 g/mol. The molecule has 2 aliphatic rings. The highest BCUT2D eigenvalue weighted by Gasteiger charge is 2.32. The van der Waals surface area contributed by atoms with Gasteiger partial charge in [0.2, 0.25) is 0 Å². The van der Waals surface area contributed by atoms with E-state index in [4.69, 9.17) is 9.47 Å². The van der Waals surface area contributed by atoms with E-state index in [1.807, 2.05) is 7.05 Å². The lowest BCUT2D eigenvalue weighted by molar-refractivity contribution is -0.0817. The Hall–Kier alpha value is -1.38. The molecule has 2 saturated heterocycles. The van der Waals surface area contributed by atoms with Crippen molar-refractivity contribution < 1.29 is 9.47 Å². The third-order valence-corrected chi connectivity index (χ3v) is 5.25. The number of nitrogens with zero attached hydrogens (tertiary/aromatic N) is 2. The maximum Gasteiger partial charge on any atom is 0.194 e. The Morgan fingerprint density at radius 3 is 2.70 bits per heavy atom. The van der Waals surface area contributed by atoms with Crippen LogP contribution >= 0.6 is 24.0 Å². The standard InChI is InChI=1S/C21H27N3O2.HI/c1-22-21(24-10-12-26-20(15-24)19-7-4-11-25-19)23-14-16-8-9-17-5-2-3-6-18(17)13-16;/h2-3,5-6,8-9,13,19-20H,4,7,10-12,14-15H2,1H3,(H,22,23);1H. The van der Waals surface area contributed by atoms with E-state index in [2.05, 4.69) is 57.7 Å².